The summed E-state index contributed by atoms with van der Waals surface area (Å²) >= 11 is 0. The average Bonchev–Trinajstić information content (AvgIpc) is 2.27. The van der Waals surface area contributed by atoms with Crippen molar-refractivity contribution >= 4 is 5.91 Å². The topological polar surface area (TPSA) is 64.4 Å². The van der Waals surface area contributed by atoms with Crippen molar-refractivity contribution in [2.24, 2.45) is 11.1 Å². The quantitative estimate of drug-likeness (QED) is 0.618. The lowest BCUT2D eigenvalue weighted by atomic mass is 9.81. The number of nitrogens with one attached hydrogen (secondary N) is 1. The minimum atomic E-state index is -0.405. The molecule has 0 rings (SSSR count). The first-order chi connectivity index (χ1) is 7.52. The molecule has 0 saturated carbocycles. The fraction of sp³-hybridized carbons (Fsp3) is 0.917. The van der Waals surface area contributed by atoms with Gasteiger partial charge in [-0.15, -0.1) is 0 Å². The third-order valence-corrected chi connectivity index (χ3v) is 3.06. The molecule has 0 spiro atoms. The molecule has 0 radical (unpaired) electrons. The van der Waals surface area contributed by atoms with Gasteiger partial charge >= 0.3 is 0 Å². The maximum atomic E-state index is 12.0. The van der Waals surface area contributed by atoms with E-state index < -0.39 is 5.41 Å². The summed E-state index contributed by atoms with van der Waals surface area (Å²) in [4.78, 5) is 12.0. The zero-order chi connectivity index (χ0) is 12.6. The van der Waals surface area contributed by atoms with Gasteiger partial charge in [0.05, 0.1) is 18.1 Å². The smallest absolute Gasteiger partial charge is 0.227 e. The lowest BCUT2D eigenvalue weighted by Gasteiger charge is -2.28. The Balaban J connectivity index is 4.02. The van der Waals surface area contributed by atoms with E-state index in [1.54, 1.807) is 0 Å². The van der Waals surface area contributed by atoms with Crippen LogP contribution in [0.3, 0.4) is 0 Å². The van der Waals surface area contributed by atoms with E-state index in [9.17, 15) is 4.79 Å². The largest absolute Gasteiger partial charge is 0.377 e. The van der Waals surface area contributed by atoms with Gasteiger partial charge in [0.25, 0.3) is 0 Å². The molecule has 4 heteroatoms. The van der Waals surface area contributed by atoms with E-state index in [1.165, 1.54) is 0 Å². The summed E-state index contributed by atoms with van der Waals surface area (Å²) in [7, 11) is 0. The zero-order valence-electron chi connectivity index (χ0n) is 11.0. The summed E-state index contributed by atoms with van der Waals surface area (Å²) in [5.74, 6) is 0.0485. The second-order valence-electron chi connectivity index (χ2n) is 4.37. The number of nitrogens with two attached hydrogens (primary N) is 1. The zero-order valence-corrected chi connectivity index (χ0v) is 11.0. The van der Waals surface area contributed by atoms with E-state index in [0.717, 1.165) is 12.8 Å². The summed E-state index contributed by atoms with van der Waals surface area (Å²) in [5, 5.41) is 2.89. The second kappa shape index (κ2) is 7.63. The maximum Gasteiger partial charge on any atom is 0.227 e. The summed E-state index contributed by atoms with van der Waals surface area (Å²) in [6.07, 6.45) is 1.75. The number of carbonyl (C=O) groups excluding carboxylic acids is 1. The number of hydrogen-bond donors (Lipinski definition) is 2. The number of ether oxygens (including phenoxy) is 1. The summed E-state index contributed by atoms with van der Waals surface area (Å²) in [6.45, 7) is 9.46. The Morgan fingerprint density at radius 3 is 2.31 bits per heavy atom. The van der Waals surface area contributed by atoms with E-state index >= 15 is 0 Å². The SMILES string of the molecule is CCC(CC)(CN)C(=O)NCCOC(C)C. The molecule has 0 unspecified atom stereocenters. The van der Waals surface area contributed by atoms with Gasteiger partial charge in [-0.2, -0.15) is 0 Å². The Morgan fingerprint density at radius 1 is 1.38 bits per heavy atom. The monoisotopic (exact) mass is 230 g/mol. The third-order valence-electron chi connectivity index (χ3n) is 3.06. The highest BCUT2D eigenvalue weighted by Gasteiger charge is 2.32. The van der Waals surface area contributed by atoms with Crippen molar-refractivity contribution in [3.63, 3.8) is 0 Å². The van der Waals surface area contributed by atoms with Crippen molar-refractivity contribution in [3.05, 3.63) is 0 Å². The fourth-order valence-corrected chi connectivity index (χ4v) is 1.60. The van der Waals surface area contributed by atoms with Crippen molar-refractivity contribution in [1.29, 1.82) is 0 Å². The van der Waals surface area contributed by atoms with Crippen LogP contribution in [-0.4, -0.2) is 31.7 Å². The Bertz CT molecular complexity index is 193. The first-order valence-electron chi connectivity index (χ1n) is 6.12. The minimum absolute atomic E-state index is 0.0485. The van der Waals surface area contributed by atoms with Gasteiger partial charge < -0.3 is 15.8 Å². The van der Waals surface area contributed by atoms with Crippen LogP contribution >= 0.6 is 0 Å². The highest BCUT2D eigenvalue weighted by Crippen LogP contribution is 2.24. The summed E-state index contributed by atoms with van der Waals surface area (Å²) in [5.41, 5.74) is 5.29. The van der Waals surface area contributed by atoms with Crippen LogP contribution in [0.1, 0.15) is 40.5 Å². The van der Waals surface area contributed by atoms with Gasteiger partial charge in [-0.3, -0.25) is 4.79 Å². The highest BCUT2D eigenvalue weighted by atomic mass is 16.5. The molecule has 0 atom stereocenters. The molecular weight excluding hydrogens is 204 g/mol. The molecule has 0 aliphatic rings. The van der Waals surface area contributed by atoms with Crippen molar-refractivity contribution < 1.29 is 9.53 Å². The fourth-order valence-electron chi connectivity index (χ4n) is 1.60. The Hall–Kier alpha value is -0.610. The number of rotatable bonds is 8. The predicted molar refractivity (Wildman–Crippen MR) is 66.2 cm³/mol. The van der Waals surface area contributed by atoms with Crippen molar-refractivity contribution in [1.82, 2.24) is 5.32 Å². The van der Waals surface area contributed by atoms with E-state index in [2.05, 4.69) is 5.32 Å². The number of amides is 1. The minimum Gasteiger partial charge on any atom is -0.377 e. The molecule has 0 aromatic heterocycles. The molecule has 0 aliphatic heterocycles. The van der Waals surface area contributed by atoms with E-state index in [4.69, 9.17) is 10.5 Å². The molecular formula is C12H26N2O2. The molecule has 0 saturated heterocycles. The normalized spacial score (nSPS) is 11.9. The van der Waals surface area contributed by atoms with E-state index in [-0.39, 0.29) is 12.0 Å². The molecule has 0 aliphatic carbocycles. The first-order valence-corrected chi connectivity index (χ1v) is 6.12. The molecule has 16 heavy (non-hydrogen) atoms. The van der Waals surface area contributed by atoms with Crippen LogP contribution < -0.4 is 11.1 Å². The van der Waals surface area contributed by atoms with Crippen LogP contribution in [0.15, 0.2) is 0 Å². The molecule has 96 valence electrons. The van der Waals surface area contributed by atoms with Gasteiger partial charge in [0.15, 0.2) is 0 Å². The van der Waals surface area contributed by atoms with Gasteiger partial charge in [-0.1, -0.05) is 13.8 Å². The highest BCUT2D eigenvalue weighted by molar-refractivity contribution is 5.82. The number of carbonyl (C=O) groups is 1. The van der Waals surface area contributed by atoms with E-state index in [0.29, 0.717) is 19.7 Å². The molecule has 0 aromatic rings. The predicted octanol–water partition coefficient (Wildman–Crippen LogP) is 1.29. The first kappa shape index (κ1) is 15.4. The lowest BCUT2D eigenvalue weighted by molar-refractivity contribution is -0.131. The number of hydrogen-bond acceptors (Lipinski definition) is 3. The van der Waals surface area contributed by atoms with Gasteiger partial charge in [0, 0.05) is 13.1 Å². The van der Waals surface area contributed by atoms with Crippen molar-refractivity contribution in [2.45, 2.75) is 46.6 Å². The molecule has 0 fully saturated rings. The van der Waals surface area contributed by atoms with Crippen LogP contribution in [-0.2, 0) is 9.53 Å². The molecule has 0 bridgehead atoms. The summed E-state index contributed by atoms with van der Waals surface area (Å²) in [6, 6.07) is 0. The third kappa shape index (κ3) is 4.49. The van der Waals surface area contributed by atoms with Crippen LogP contribution in [0.4, 0.5) is 0 Å². The van der Waals surface area contributed by atoms with Crippen molar-refractivity contribution in [3.8, 4) is 0 Å². The second-order valence-corrected chi connectivity index (χ2v) is 4.37. The Labute approximate surface area is 98.9 Å². The molecule has 3 N–H and O–H groups in total. The van der Waals surface area contributed by atoms with Gasteiger partial charge in [0.1, 0.15) is 0 Å². The standard InChI is InChI=1S/C12H26N2O2/c1-5-12(6-2,9-13)11(15)14-7-8-16-10(3)4/h10H,5-9,13H2,1-4H3,(H,14,15). The molecule has 4 nitrogen and oxygen atoms in total. The average molecular weight is 230 g/mol. The summed E-state index contributed by atoms with van der Waals surface area (Å²) < 4.78 is 5.36. The van der Waals surface area contributed by atoms with Gasteiger partial charge in [-0.25, -0.2) is 0 Å². The van der Waals surface area contributed by atoms with Gasteiger partial charge in [0.2, 0.25) is 5.91 Å². The van der Waals surface area contributed by atoms with Crippen LogP contribution in [0.5, 0.6) is 0 Å². The Kier molecular flexibility index (Phi) is 7.34. The molecule has 1 amide bonds. The van der Waals surface area contributed by atoms with Crippen LogP contribution in [0.25, 0.3) is 0 Å². The lowest BCUT2D eigenvalue weighted by Crippen LogP contribution is -2.46. The molecule has 0 heterocycles. The molecule has 0 aromatic carbocycles. The van der Waals surface area contributed by atoms with Crippen molar-refractivity contribution in [2.75, 3.05) is 19.7 Å². The maximum absolute atomic E-state index is 12.0. The van der Waals surface area contributed by atoms with Crippen LogP contribution in [0, 0.1) is 5.41 Å². The Morgan fingerprint density at radius 2 is 1.94 bits per heavy atom. The van der Waals surface area contributed by atoms with E-state index in [1.807, 2.05) is 27.7 Å². The van der Waals surface area contributed by atoms with Crippen LogP contribution in [0.2, 0.25) is 0 Å². The van der Waals surface area contributed by atoms with Gasteiger partial charge in [-0.05, 0) is 26.7 Å².